The largest absolute Gasteiger partial charge is 0.507 e. The second kappa shape index (κ2) is 8.95. The van der Waals surface area contributed by atoms with E-state index in [2.05, 4.69) is 41.5 Å². The molecule has 2 aromatic rings. The Hall–Kier alpha value is -2.06. The second-order valence-corrected chi connectivity index (χ2v) is 11.0. The summed E-state index contributed by atoms with van der Waals surface area (Å²) >= 11 is 0. The quantitative estimate of drug-likeness (QED) is 0.387. The molecule has 0 amide bonds. The van der Waals surface area contributed by atoms with Crippen LogP contribution < -0.4 is 9.26 Å². The Morgan fingerprint density at radius 3 is 2.73 bits per heavy atom. The monoisotopic (exact) mass is 466 g/mol. The van der Waals surface area contributed by atoms with Gasteiger partial charge in [-0.15, -0.1) is 0 Å². The average molecular weight is 467 g/mol. The molecule has 6 unspecified atom stereocenters. The van der Waals surface area contributed by atoms with Gasteiger partial charge >= 0.3 is 0 Å². The zero-order valence-electron chi connectivity index (χ0n) is 19.6. The molecule has 2 aromatic carbocycles. The van der Waals surface area contributed by atoms with Crippen LogP contribution in [0.15, 0.2) is 36.4 Å². The molecule has 0 heterocycles. The normalized spacial score (nSPS) is 32.4. The second-order valence-electron chi connectivity index (χ2n) is 10.7. The molecule has 1 N–H and O–H groups in total. The van der Waals surface area contributed by atoms with E-state index in [9.17, 15) is 9.90 Å². The van der Waals surface area contributed by atoms with Crippen LogP contribution in [-0.4, -0.2) is 18.0 Å². The summed E-state index contributed by atoms with van der Waals surface area (Å²) in [6, 6.07) is 11.6. The minimum absolute atomic E-state index is 0.0170. The van der Waals surface area contributed by atoms with Gasteiger partial charge in [0.15, 0.2) is 6.29 Å². The molecular weight excluding hydrogens is 431 g/mol. The summed E-state index contributed by atoms with van der Waals surface area (Å²) in [5, 5.41) is 9.91. The molecule has 0 aliphatic heterocycles. The lowest BCUT2D eigenvalue weighted by molar-refractivity contribution is 0.000928. The van der Waals surface area contributed by atoms with Crippen LogP contribution in [0.5, 0.6) is 17.2 Å². The molecule has 0 bridgehead atoms. The molecule has 4 nitrogen and oxygen atoms in total. The molecule has 5 rings (SSSR count). The molecule has 5 heteroatoms. The Morgan fingerprint density at radius 2 is 1.97 bits per heavy atom. The highest BCUT2D eigenvalue weighted by Gasteiger charge is 2.55. The molecule has 2 fully saturated rings. The zero-order valence-corrected chi connectivity index (χ0v) is 20.8. The first-order valence-corrected chi connectivity index (χ1v) is 12.8. The summed E-state index contributed by atoms with van der Waals surface area (Å²) in [6.45, 7) is 5.66. The van der Waals surface area contributed by atoms with Gasteiger partial charge in [0.25, 0.3) is 0 Å². The molecule has 0 spiro atoms. The van der Waals surface area contributed by atoms with Crippen molar-refractivity contribution in [3.63, 3.8) is 0 Å². The summed E-state index contributed by atoms with van der Waals surface area (Å²) < 4.78 is 11.4. The first-order chi connectivity index (χ1) is 15.9. The maximum absolute atomic E-state index is 10.9. The highest BCUT2D eigenvalue weighted by molar-refractivity contribution is 7.10. The van der Waals surface area contributed by atoms with Gasteiger partial charge in [-0.25, -0.2) is 0 Å². The summed E-state index contributed by atoms with van der Waals surface area (Å²) in [4.78, 5) is 10.9. The smallest absolute Gasteiger partial charge is 0.153 e. The fourth-order valence-electron chi connectivity index (χ4n) is 7.64. The van der Waals surface area contributed by atoms with Crippen LogP contribution in [0.4, 0.5) is 0 Å². The summed E-state index contributed by atoms with van der Waals surface area (Å²) in [6.07, 6.45) is 8.02. The standard InChI is InChI=1S/C28H35O4P/c1-17-13-19-14-22(32-33)6-7-23(19)24-9-11-28(2)20(4-8-25(28)27(17)24)10-12-31-21-5-3-18(16-29)26(30)15-21/h3,5-7,14-17,20,24-25,27,30H,4,8-13,33H2,1-2H3/t17?,20-,24?,25?,27?,28?/m1/s1. The first-order valence-electron chi connectivity index (χ1n) is 12.3. The van der Waals surface area contributed by atoms with Gasteiger partial charge in [-0.2, -0.15) is 0 Å². The maximum atomic E-state index is 10.9. The number of carbonyl (C=O) groups excluding carboxylic acids is 1. The number of carbonyl (C=O) groups is 1. The van der Waals surface area contributed by atoms with Crippen LogP contribution in [0.2, 0.25) is 0 Å². The summed E-state index contributed by atoms with van der Waals surface area (Å²) in [5.74, 6) is 5.14. The number of phenols is 1. The van der Waals surface area contributed by atoms with Crippen molar-refractivity contribution in [2.24, 2.45) is 29.1 Å². The third kappa shape index (κ3) is 3.95. The van der Waals surface area contributed by atoms with Gasteiger partial charge in [0.1, 0.15) is 17.2 Å². The number of phenolic OH excluding ortho intramolecular Hbond substituents is 1. The van der Waals surface area contributed by atoms with Crippen molar-refractivity contribution in [1.82, 2.24) is 0 Å². The van der Waals surface area contributed by atoms with Crippen LogP contribution in [0.25, 0.3) is 0 Å². The van der Waals surface area contributed by atoms with Gasteiger partial charge in [0, 0.05) is 6.07 Å². The van der Waals surface area contributed by atoms with Crippen molar-refractivity contribution in [3.05, 3.63) is 53.1 Å². The number of aldehydes is 1. The van der Waals surface area contributed by atoms with Gasteiger partial charge in [-0.1, -0.05) is 19.9 Å². The van der Waals surface area contributed by atoms with E-state index in [0.717, 1.165) is 30.4 Å². The lowest BCUT2D eigenvalue weighted by Crippen LogP contribution is -2.45. The third-order valence-corrected chi connectivity index (χ3v) is 9.51. The summed E-state index contributed by atoms with van der Waals surface area (Å²) in [5.41, 5.74) is 3.73. The highest BCUT2D eigenvalue weighted by atomic mass is 31.0. The number of rotatable bonds is 6. The van der Waals surface area contributed by atoms with E-state index in [-0.39, 0.29) is 5.75 Å². The Labute approximate surface area is 199 Å². The Balaban J connectivity index is 1.28. The molecule has 0 saturated heterocycles. The molecule has 176 valence electrons. The molecule has 3 aliphatic carbocycles. The fourth-order valence-corrected chi connectivity index (χ4v) is 7.79. The number of benzene rings is 2. The van der Waals surface area contributed by atoms with E-state index in [4.69, 9.17) is 9.26 Å². The van der Waals surface area contributed by atoms with E-state index >= 15 is 0 Å². The summed E-state index contributed by atoms with van der Waals surface area (Å²) in [7, 11) is 2.37. The van der Waals surface area contributed by atoms with Crippen LogP contribution in [0.1, 0.15) is 73.4 Å². The molecule has 0 aromatic heterocycles. The molecule has 0 radical (unpaired) electrons. The molecular formula is C28H35O4P. The van der Waals surface area contributed by atoms with E-state index < -0.39 is 0 Å². The SMILES string of the molecule is CC1Cc2cc(OP)ccc2C2CCC3(C)C(CC[C@@H]3CCOc3ccc(C=O)c(O)c3)C12. The van der Waals surface area contributed by atoms with Gasteiger partial charge in [-0.3, -0.25) is 4.79 Å². The first kappa shape index (κ1) is 22.7. The van der Waals surface area contributed by atoms with Gasteiger partial charge in [-0.05, 0) is 109 Å². The van der Waals surface area contributed by atoms with E-state index in [1.54, 1.807) is 23.8 Å². The molecule has 2 saturated carbocycles. The Morgan fingerprint density at radius 1 is 1.15 bits per heavy atom. The molecule has 3 aliphatic rings. The predicted molar refractivity (Wildman–Crippen MR) is 133 cm³/mol. The van der Waals surface area contributed by atoms with Crippen molar-refractivity contribution in [3.8, 4) is 17.2 Å². The third-order valence-electron chi connectivity index (χ3n) is 9.24. The van der Waals surface area contributed by atoms with Crippen LogP contribution in [0, 0.1) is 29.1 Å². The number of hydrogen-bond acceptors (Lipinski definition) is 4. The number of fused-ring (bicyclic) bond motifs is 5. The minimum atomic E-state index is -0.0170. The zero-order chi connectivity index (χ0) is 23.2. The Bertz CT molecular complexity index is 1040. The van der Waals surface area contributed by atoms with Gasteiger partial charge < -0.3 is 14.4 Å². The van der Waals surface area contributed by atoms with Gasteiger partial charge in [0.2, 0.25) is 0 Å². The number of ether oxygens (including phenoxy) is 1. The van der Waals surface area contributed by atoms with Gasteiger partial charge in [0.05, 0.1) is 21.6 Å². The van der Waals surface area contributed by atoms with Crippen molar-refractivity contribution in [2.75, 3.05) is 6.61 Å². The van der Waals surface area contributed by atoms with Crippen LogP contribution in [-0.2, 0) is 6.42 Å². The highest BCUT2D eigenvalue weighted by Crippen LogP contribution is 2.64. The molecule has 7 atom stereocenters. The average Bonchev–Trinajstić information content (AvgIpc) is 3.15. The maximum Gasteiger partial charge on any atom is 0.153 e. The van der Waals surface area contributed by atoms with E-state index in [1.807, 2.05) is 0 Å². The molecule has 33 heavy (non-hydrogen) atoms. The van der Waals surface area contributed by atoms with E-state index in [1.165, 1.54) is 31.2 Å². The topological polar surface area (TPSA) is 55.8 Å². The van der Waals surface area contributed by atoms with E-state index in [0.29, 0.717) is 47.4 Å². The van der Waals surface area contributed by atoms with Crippen LogP contribution >= 0.6 is 9.47 Å². The number of aromatic hydroxyl groups is 1. The van der Waals surface area contributed by atoms with Crippen molar-refractivity contribution in [1.29, 1.82) is 0 Å². The predicted octanol–water partition coefficient (Wildman–Crippen LogP) is 6.56. The fraction of sp³-hybridized carbons (Fsp3) is 0.536. The van der Waals surface area contributed by atoms with Crippen molar-refractivity contribution >= 4 is 15.8 Å². The lowest BCUT2D eigenvalue weighted by Gasteiger charge is -2.53. The van der Waals surface area contributed by atoms with Crippen LogP contribution in [0.3, 0.4) is 0 Å². The minimum Gasteiger partial charge on any atom is -0.507 e. The van der Waals surface area contributed by atoms with Crippen molar-refractivity contribution < 1.29 is 19.2 Å². The lowest BCUT2D eigenvalue weighted by atomic mass is 9.51. The van der Waals surface area contributed by atoms with Crippen molar-refractivity contribution in [2.45, 2.75) is 58.3 Å². The Kier molecular flexibility index (Phi) is 6.16. The number of hydrogen-bond donors (Lipinski definition) is 1.